The third-order valence-electron chi connectivity index (χ3n) is 2.89. The van der Waals surface area contributed by atoms with Crippen LogP contribution in [0.25, 0.3) is 0 Å². The van der Waals surface area contributed by atoms with Crippen LogP contribution in [0.15, 0.2) is 24.3 Å². The van der Waals surface area contributed by atoms with Gasteiger partial charge < -0.3 is 15.4 Å². The highest BCUT2D eigenvalue weighted by Crippen LogP contribution is 2.30. The molecule has 1 aliphatic heterocycles. The number of rotatable bonds is 2. The lowest BCUT2D eigenvalue weighted by Crippen LogP contribution is -2.38. The van der Waals surface area contributed by atoms with Crippen molar-refractivity contribution in [3.05, 3.63) is 29.8 Å². The molecular weight excluding hydrogens is 204 g/mol. The van der Waals surface area contributed by atoms with Gasteiger partial charge in [-0.2, -0.15) is 0 Å². The number of cyclic esters (lactones) is 1. The smallest absolute Gasteiger partial charge is 0.410 e. The van der Waals surface area contributed by atoms with E-state index in [0.717, 1.165) is 18.5 Å². The SMILES string of the molecule is CCN1CCC(c2ccccc2N)OC1=O. The first-order chi connectivity index (χ1) is 7.72. The van der Waals surface area contributed by atoms with Gasteiger partial charge in [0.2, 0.25) is 0 Å². The monoisotopic (exact) mass is 220 g/mol. The zero-order valence-corrected chi connectivity index (χ0v) is 9.35. The molecule has 0 spiro atoms. The van der Waals surface area contributed by atoms with Crippen LogP contribution in [0.5, 0.6) is 0 Å². The van der Waals surface area contributed by atoms with Gasteiger partial charge in [0, 0.05) is 30.8 Å². The predicted octanol–water partition coefficient (Wildman–Crippen LogP) is 2.17. The number of amides is 1. The minimum Gasteiger partial charge on any atom is -0.441 e. The van der Waals surface area contributed by atoms with Gasteiger partial charge >= 0.3 is 6.09 Å². The van der Waals surface area contributed by atoms with Crippen LogP contribution < -0.4 is 5.73 Å². The summed E-state index contributed by atoms with van der Waals surface area (Å²) in [6.07, 6.45) is 0.354. The van der Waals surface area contributed by atoms with Gasteiger partial charge in [-0.3, -0.25) is 0 Å². The number of nitrogens with two attached hydrogens (primary N) is 1. The number of carbonyl (C=O) groups excluding carboxylic acids is 1. The molecule has 0 aromatic heterocycles. The van der Waals surface area contributed by atoms with Crippen LogP contribution in [0.3, 0.4) is 0 Å². The van der Waals surface area contributed by atoms with Crippen LogP contribution in [-0.4, -0.2) is 24.1 Å². The summed E-state index contributed by atoms with van der Waals surface area (Å²) < 4.78 is 5.36. The molecule has 2 rings (SSSR count). The summed E-state index contributed by atoms with van der Waals surface area (Å²) in [6, 6.07) is 7.53. The van der Waals surface area contributed by atoms with Crippen molar-refractivity contribution in [3.63, 3.8) is 0 Å². The molecule has 1 amide bonds. The van der Waals surface area contributed by atoms with Crippen LogP contribution in [-0.2, 0) is 4.74 Å². The van der Waals surface area contributed by atoms with E-state index in [1.165, 1.54) is 0 Å². The maximum atomic E-state index is 11.6. The van der Waals surface area contributed by atoms with Crippen molar-refractivity contribution in [1.29, 1.82) is 0 Å². The van der Waals surface area contributed by atoms with E-state index in [1.54, 1.807) is 4.90 Å². The zero-order chi connectivity index (χ0) is 11.5. The lowest BCUT2D eigenvalue weighted by molar-refractivity contribution is 0.0263. The van der Waals surface area contributed by atoms with E-state index in [-0.39, 0.29) is 12.2 Å². The third-order valence-corrected chi connectivity index (χ3v) is 2.89. The van der Waals surface area contributed by atoms with Crippen molar-refractivity contribution in [3.8, 4) is 0 Å². The summed E-state index contributed by atoms with van der Waals surface area (Å²) in [5, 5.41) is 0. The molecule has 2 N–H and O–H groups in total. The molecule has 1 saturated heterocycles. The van der Waals surface area contributed by atoms with Gasteiger partial charge in [-0.25, -0.2) is 4.79 Å². The Morgan fingerprint density at radius 1 is 1.50 bits per heavy atom. The zero-order valence-electron chi connectivity index (χ0n) is 9.35. The van der Waals surface area contributed by atoms with Gasteiger partial charge in [0.05, 0.1) is 0 Å². The minimum absolute atomic E-state index is 0.198. The molecule has 86 valence electrons. The van der Waals surface area contributed by atoms with Gasteiger partial charge in [-0.05, 0) is 13.0 Å². The van der Waals surface area contributed by atoms with Gasteiger partial charge in [-0.15, -0.1) is 0 Å². The number of benzene rings is 1. The Kier molecular flexibility index (Phi) is 2.99. The third kappa shape index (κ3) is 1.96. The first-order valence-corrected chi connectivity index (χ1v) is 5.52. The average molecular weight is 220 g/mol. The average Bonchev–Trinajstić information content (AvgIpc) is 2.29. The maximum Gasteiger partial charge on any atom is 0.410 e. The quantitative estimate of drug-likeness (QED) is 0.777. The minimum atomic E-state index is -0.248. The molecule has 0 radical (unpaired) electrons. The highest BCUT2D eigenvalue weighted by atomic mass is 16.6. The fourth-order valence-electron chi connectivity index (χ4n) is 1.93. The summed E-state index contributed by atoms with van der Waals surface area (Å²) >= 11 is 0. The topological polar surface area (TPSA) is 55.6 Å². The van der Waals surface area contributed by atoms with Crippen molar-refractivity contribution in [2.45, 2.75) is 19.4 Å². The van der Waals surface area contributed by atoms with E-state index in [2.05, 4.69) is 0 Å². The van der Waals surface area contributed by atoms with Crippen LogP contribution in [0.1, 0.15) is 25.0 Å². The Hall–Kier alpha value is -1.71. The standard InChI is InChI=1S/C12H16N2O2/c1-2-14-8-7-11(16-12(14)15)9-5-3-4-6-10(9)13/h3-6,11H,2,7-8,13H2,1H3. The highest BCUT2D eigenvalue weighted by molar-refractivity contribution is 5.69. The van der Waals surface area contributed by atoms with Crippen molar-refractivity contribution in [2.24, 2.45) is 0 Å². The number of para-hydroxylation sites is 1. The number of carbonyl (C=O) groups is 1. The number of hydrogen-bond acceptors (Lipinski definition) is 3. The predicted molar refractivity (Wildman–Crippen MR) is 61.9 cm³/mol. The second-order valence-corrected chi connectivity index (χ2v) is 3.87. The fourth-order valence-corrected chi connectivity index (χ4v) is 1.93. The number of ether oxygens (including phenoxy) is 1. The normalized spacial score (nSPS) is 20.7. The lowest BCUT2D eigenvalue weighted by atomic mass is 10.0. The molecule has 16 heavy (non-hydrogen) atoms. The molecule has 0 saturated carbocycles. The van der Waals surface area contributed by atoms with E-state index in [4.69, 9.17) is 10.5 Å². The van der Waals surface area contributed by atoms with Crippen molar-refractivity contribution in [2.75, 3.05) is 18.8 Å². The van der Waals surface area contributed by atoms with Gasteiger partial charge in [0.15, 0.2) is 0 Å². The van der Waals surface area contributed by atoms with Crippen LogP contribution in [0.2, 0.25) is 0 Å². The summed E-state index contributed by atoms with van der Waals surface area (Å²) in [4.78, 5) is 13.3. The highest BCUT2D eigenvalue weighted by Gasteiger charge is 2.27. The Morgan fingerprint density at radius 2 is 2.25 bits per heavy atom. The summed E-state index contributed by atoms with van der Waals surface area (Å²) in [6.45, 7) is 3.36. The molecule has 1 atom stereocenters. The van der Waals surface area contributed by atoms with Gasteiger partial charge in [0.1, 0.15) is 6.10 Å². The lowest BCUT2D eigenvalue weighted by Gasteiger charge is -2.31. The molecular formula is C12H16N2O2. The number of hydrogen-bond donors (Lipinski definition) is 1. The van der Waals surface area contributed by atoms with Crippen molar-refractivity contribution in [1.82, 2.24) is 4.90 Å². The first kappa shape index (κ1) is 10.8. The van der Waals surface area contributed by atoms with E-state index < -0.39 is 0 Å². The Balaban J connectivity index is 2.14. The molecule has 4 nitrogen and oxygen atoms in total. The van der Waals surface area contributed by atoms with Crippen LogP contribution in [0, 0.1) is 0 Å². The summed E-state index contributed by atoms with van der Waals surface area (Å²) in [5.41, 5.74) is 7.45. The van der Waals surface area contributed by atoms with Crippen LogP contribution in [0.4, 0.5) is 10.5 Å². The molecule has 1 aromatic rings. The van der Waals surface area contributed by atoms with Gasteiger partial charge in [-0.1, -0.05) is 18.2 Å². The van der Waals surface area contributed by atoms with E-state index in [0.29, 0.717) is 12.2 Å². The van der Waals surface area contributed by atoms with Crippen molar-refractivity contribution >= 4 is 11.8 Å². The second-order valence-electron chi connectivity index (χ2n) is 3.87. The number of anilines is 1. The second kappa shape index (κ2) is 4.43. The molecule has 0 bridgehead atoms. The van der Waals surface area contributed by atoms with E-state index in [9.17, 15) is 4.79 Å². The first-order valence-electron chi connectivity index (χ1n) is 5.52. The molecule has 1 aliphatic rings. The number of nitrogen functional groups attached to an aromatic ring is 1. The molecule has 1 unspecified atom stereocenters. The fraction of sp³-hybridized carbons (Fsp3) is 0.417. The molecule has 1 aromatic carbocycles. The molecule has 0 aliphatic carbocycles. The number of nitrogens with zero attached hydrogens (tertiary/aromatic N) is 1. The Morgan fingerprint density at radius 3 is 2.88 bits per heavy atom. The van der Waals surface area contributed by atoms with E-state index in [1.807, 2.05) is 31.2 Å². The Labute approximate surface area is 95.0 Å². The summed E-state index contributed by atoms with van der Waals surface area (Å²) in [7, 11) is 0. The molecule has 1 heterocycles. The largest absolute Gasteiger partial charge is 0.441 e. The molecule has 1 fully saturated rings. The van der Waals surface area contributed by atoms with Crippen LogP contribution >= 0.6 is 0 Å². The molecule has 4 heteroatoms. The Bertz CT molecular complexity index is 392. The van der Waals surface area contributed by atoms with Crippen molar-refractivity contribution < 1.29 is 9.53 Å². The van der Waals surface area contributed by atoms with E-state index >= 15 is 0 Å². The summed E-state index contributed by atoms with van der Waals surface area (Å²) in [5.74, 6) is 0. The van der Waals surface area contributed by atoms with Gasteiger partial charge in [0.25, 0.3) is 0 Å². The maximum absolute atomic E-state index is 11.6.